The van der Waals surface area contributed by atoms with Crippen molar-refractivity contribution in [1.82, 2.24) is 0 Å². The second-order valence-corrected chi connectivity index (χ2v) is 6.80. The highest BCUT2D eigenvalue weighted by Crippen LogP contribution is 2.68. The van der Waals surface area contributed by atoms with Crippen LogP contribution in [0, 0.1) is 10.8 Å². The fourth-order valence-electron chi connectivity index (χ4n) is 2.66. The Labute approximate surface area is 107 Å². The van der Waals surface area contributed by atoms with Crippen LogP contribution < -0.4 is 0 Å². The Kier molecular flexibility index (Phi) is 4.00. The molecule has 96 valence electrons. The van der Waals surface area contributed by atoms with E-state index in [0.29, 0.717) is 13.0 Å². The van der Waals surface area contributed by atoms with Crippen molar-refractivity contribution in [3.8, 4) is 0 Å². The van der Waals surface area contributed by atoms with Crippen LogP contribution in [0.5, 0.6) is 0 Å². The second-order valence-electron chi connectivity index (χ2n) is 6.80. The lowest BCUT2D eigenvalue weighted by Crippen LogP contribution is -2.28. The molecule has 0 bridgehead atoms. The van der Waals surface area contributed by atoms with Gasteiger partial charge in [-0.15, -0.1) is 0 Å². The molecule has 1 aliphatic rings. The Balaban J connectivity index is 2.65. The highest BCUT2D eigenvalue weighted by Gasteiger charge is 2.67. The molecule has 0 aromatic rings. The SMILES string of the molecule is [B]C(C)(C)CC1(C(=O)OCCCC)CC1(C)C. The Morgan fingerprint density at radius 1 is 1.41 bits per heavy atom. The van der Waals surface area contributed by atoms with E-state index in [1.807, 2.05) is 13.8 Å². The van der Waals surface area contributed by atoms with Crippen LogP contribution in [-0.2, 0) is 9.53 Å². The number of carbonyl (C=O) groups is 1. The molecule has 0 amide bonds. The van der Waals surface area contributed by atoms with Crippen LogP contribution in [0.3, 0.4) is 0 Å². The van der Waals surface area contributed by atoms with E-state index in [-0.39, 0.29) is 22.1 Å². The topological polar surface area (TPSA) is 26.3 Å². The minimum absolute atomic E-state index is 0.0347. The maximum atomic E-state index is 12.2. The third-order valence-corrected chi connectivity index (χ3v) is 3.79. The van der Waals surface area contributed by atoms with Crippen LogP contribution in [0.2, 0.25) is 5.31 Å². The summed E-state index contributed by atoms with van der Waals surface area (Å²) in [5.74, 6) is -0.0468. The molecule has 1 unspecified atom stereocenters. The van der Waals surface area contributed by atoms with Crippen molar-refractivity contribution in [1.29, 1.82) is 0 Å². The quantitative estimate of drug-likeness (QED) is 0.400. The predicted octanol–water partition coefficient (Wildman–Crippen LogP) is 3.50. The summed E-state index contributed by atoms with van der Waals surface area (Å²) in [6, 6.07) is 0. The zero-order valence-corrected chi connectivity index (χ0v) is 11.9. The molecule has 1 atom stereocenters. The van der Waals surface area contributed by atoms with Gasteiger partial charge in [-0.3, -0.25) is 4.79 Å². The average Bonchev–Trinajstić information content (AvgIpc) is 2.66. The second kappa shape index (κ2) is 4.66. The first-order chi connectivity index (χ1) is 7.65. The lowest BCUT2D eigenvalue weighted by Gasteiger charge is -2.27. The van der Waals surface area contributed by atoms with E-state index < -0.39 is 0 Å². The fourth-order valence-corrected chi connectivity index (χ4v) is 2.66. The standard InChI is InChI=1S/C14H25BO2/c1-6-7-8-17-11(16)14(9-12(14,2)3)10-13(4,5)15/h6-10H2,1-5H3. The summed E-state index contributed by atoms with van der Waals surface area (Å²) in [6.45, 7) is 10.8. The van der Waals surface area contributed by atoms with Gasteiger partial charge in [-0.25, -0.2) is 0 Å². The van der Waals surface area contributed by atoms with Crippen LogP contribution in [0.1, 0.15) is 60.3 Å². The van der Waals surface area contributed by atoms with Gasteiger partial charge in [0.05, 0.1) is 19.9 Å². The van der Waals surface area contributed by atoms with Crippen molar-refractivity contribution in [2.75, 3.05) is 6.61 Å². The molecule has 1 fully saturated rings. The van der Waals surface area contributed by atoms with E-state index in [4.69, 9.17) is 12.6 Å². The number of hydrogen-bond donors (Lipinski definition) is 0. The molecule has 2 radical (unpaired) electrons. The molecular weight excluding hydrogens is 211 g/mol. The molecule has 1 saturated carbocycles. The van der Waals surface area contributed by atoms with Gasteiger partial charge in [0.15, 0.2) is 0 Å². The smallest absolute Gasteiger partial charge is 0.312 e. The van der Waals surface area contributed by atoms with Gasteiger partial charge in [0.2, 0.25) is 0 Å². The molecule has 17 heavy (non-hydrogen) atoms. The lowest BCUT2D eigenvalue weighted by atomic mass is 9.65. The van der Waals surface area contributed by atoms with Gasteiger partial charge < -0.3 is 4.74 Å². The Bertz CT molecular complexity index is 291. The first-order valence-electron chi connectivity index (χ1n) is 6.61. The molecule has 0 saturated heterocycles. The van der Waals surface area contributed by atoms with Gasteiger partial charge in [-0.1, -0.05) is 46.4 Å². The normalized spacial score (nSPS) is 26.6. The molecule has 0 heterocycles. The summed E-state index contributed by atoms with van der Waals surface area (Å²) in [6.07, 6.45) is 3.59. The monoisotopic (exact) mass is 236 g/mol. The Morgan fingerprint density at radius 3 is 2.29 bits per heavy atom. The third kappa shape index (κ3) is 3.26. The fraction of sp³-hybridized carbons (Fsp3) is 0.929. The molecule has 0 N–H and O–H groups in total. The van der Waals surface area contributed by atoms with E-state index >= 15 is 0 Å². The maximum absolute atomic E-state index is 12.2. The average molecular weight is 236 g/mol. The molecular formula is C14H25BO2. The van der Waals surface area contributed by atoms with E-state index in [9.17, 15) is 4.79 Å². The van der Waals surface area contributed by atoms with E-state index in [1.165, 1.54) is 0 Å². The summed E-state index contributed by atoms with van der Waals surface area (Å²) >= 11 is 0. The number of rotatable bonds is 6. The van der Waals surface area contributed by atoms with Crippen LogP contribution >= 0.6 is 0 Å². The van der Waals surface area contributed by atoms with Crippen molar-refractivity contribution in [3.05, 3.63) is 0 Å². The number of unbranched alkanes of at least 4 members (excludes halogenated alkanes) is 1. The predicted molar refractivity (Wildman–Crippen MR) is 71.1 cm³/mol. The highest BCUT2D eigenvalue weighted by molar-refractivity contribution is 6.14. The number of ether oxygens (including phenoxy) is 1. The highest BCUT2D eigenvalue weighted by atomic mass is 16.5. The molecule has 1 aliphatic carbocycles. The van der Waals surface area contributed by atoms with Crippen LogP contribution in [-0.4, -0.2) is 20.4 Å². The molecule has 2 nitrogen and oxygen atoms in total. The summed E-state index contributed by atoms with van der Waals surface area (Å²) in [5.41, 5.74) is -0.314. The van der Waals surface area contributed by atoms with Crippen molar-refractivity contribution in [2.45, 2.75) is 65.6 Å². The minimum Gasteiger partial charge on any atom is -0.465 e. The molecule has 0 aliphatic heterocycles. The van der Waals surface area contributed by atoms with Crippen molar-refractivity contribution in [2.24, 2.45) is 10.8 Å². The Morgan fingerprint density at radius 2 is 1.94 bits per heavy atom. The number of esters is 1. The van der Waals surface area contributed by atoms with Crippen molar-refractivity contribution in [3.63, 3.8) is 0 Å². The van der Waals surface area contributed by atoms with Crippen LogP contribution in [0.4, 0.5) is 0 Å². The first-order valence-corrected chi connectivity index (χ1v) is 6.61. The van der Waals surface area contributed by atoms with Gasteiger partial charge in [-0.05, 0) is 24.7 Å². The van der Waals surface area contributed by atoms with E-state index in [1.54, 1.807) is 0 Å². The van der Waals surface area contributed by atoms with Gasteiger partial charge in [0, 0.05) is 0 Å². The largest absolute Gasteiger partial charge is 0.465 e. The van der Waals surface area contributed by atoms with Crippen LogP contribution in [0.25, 0.3) is 0 Å². The van der Waals surface area contributed by atoms with Gasteiger partial charge in [0.25, 0.3) is 0 Å². The van der Waals surface area contributed by atoms with Crippen molar-refractivity contribution < 1.29 is 9.53 Å². The van der Waals surface area contributed by atoms with Gasteiger partial charge in [0.1, 0.15) is 0 Å². The van der Waals surface area contributed by atoms with Crippen molar-refractivity contribution >= 4 is 13.8 Å². The first kappa shape index (κ1) is 14.6. The zero-order chi connectivity index (χ0) is 13.3. The van der Waals surface area contributed by atoms with Gasteiger partial charge >= 0.3 is 5.97 Å². The lowest BCUT2D eigenvalue weighted by molar-refractivity contribution is -0.152. The summed E-state index contributed by atoms with van der Waals surface area (Å²) < 4.78 is 5.40. The molecule has 3 heteroatoms. The summed E-state index contributed by atoms with van der Waals surface area (Å²) in [5, 5.41) is -0.322. The molecule has 0 aromatic carbocycles. The maximum Gasteiger partial charge on any atom is 0.312 e. The van der Waals surface area contributed by atoms with Crippen LogP contribution in [0.15, 0.2) is 0 Å². The summed E-state index contributed by atoms with van der Waals surface area (Å²) in [7, 11) is 6.07. The molecule has 1 rings (SSSR count). The molecule has 0 spiro atoms. The third-order valence-electron chi connectivity index (χ3n) is 3.79. The Hall–Kier alpha value is -0.465. The molecule has 0 aromatic heterocycles. The van der Waals surface area contributed by atoms with E-state index in [0.717, 1.165) is 19.3 Å². The number of hydrogen-bond acceptors (Lipinski definition) is 2. The van der Waals surface area contributed by atoms with Gasteiger partial charge in [-0.2, -0.15) is 0 Å². The zero-order valence-electron chi connectivity index (χ0n) is 11.9. The van der Waals surface area contributed by atoms with E-state index in [2.05, 4.69) is 20.8 Å². The summed E-state index contributed by atoms with van der Waals surface area (Å²) in [4.78, 5) is 12.2. The number of carbonyl (C=O) groups excluding carboxylic acids is 1. The minimum atomic E-state index is -0.348.